The van der Waals surface area contributed by atoms with Crippen LogP contribution in [-0.4, -0.2) is 80.5 Å². The highest BCUT2D eigenvalue weighted by atomic mass is 32.2. The van der Waals surface area contributed by atoms with E-state index in [1.54, 1.807) is 6.92 Å². The summed E-state index contributed by atoms with van der Waals surface area (Å²) < 4.78 is 67.0. The largest absolute Gasteiger partial charge is 0.573 e. The van der Waals surface area contributed by atoms with Crippen LogP contribution in [0.15, 0.2) is 24.3 Å². The van der Waals surface area contributed by atoms with Crippen molar-refractivity contribution in [1.82, 2.24) is 13.5 Å². The van der Waals surface area contributed by atoms with Gasteiger partial charge in [0.2, 0.25) is 5.91 Å². The topological polar surface area (TPSA) is 82.2 Å². The molecule has 8 nitrogen and oxygen atoms in total. The van der Waals surface area contributed by atoms with Crippen LogP contribution in [-0.2, 0) is 15.0 Å². The summed E-state index contributed by atoms with van der Waals surface area (Å²) in [5.74, 6) is -0.717. The minimum Gasteiger partial charge on any atom is -0.406 e. The number of hydrogen-bond acceptors (Lipinski definition) is 5. The van der Waals surface area contributed by atoms with Gasteiger partial charge in [-0.2, -0.15) is 17.0 Å². The molecule has 0 aromatic heterocycles. The molecule has 158 valence electrons. The molecule has 1 aromatic carbocycles. The Balaban J connectivity index is 1.90. The van der Waals surface area contributed by atoms with Crippen LogP contribution < -0.4 is 10.1 Å². The fraction of sp³-hybridized carbons (Fsp3) is 0.562. The molecule has 1 unspecified atom stereocenters. The van der Waals surface area contributed by atoms with Crippen LogP contribution in [0.25, 0.3) is 0 Å². The van der Waals surface area contributed by atoms with Gasteiger partial charge in [-0.05, 0) is 31.2 Å². The standard InChI is InChI=1S/C16H23F3N4O4S/c1-12(22-8-10-23(11-9-22)28(25,26)21(2)3)15(24)20-13-4-6-14(7-5-13)27-16(17,18)19/h4-7,12H,8-11H2,1-3H3,(H,20,24). The zero-order valence-electron chi connectivity index (χ0n) is 15.7. The molecule has 0 aliphatic carbocycles. The van der Waals surface area contributed by atoms with Gasteiger partial charge in [-0.15, -0.1) is 13.2 Å². The number of benzene rings is 1. The Kier molecular flexibility index (Phi) is 6.91. The summed E-state index contributed by atoms with van der Waals surface area (Å²) in [7, 11) is -0.565. The molecule has 1 aliphatic rings. The van der Waals surface area contributed by atoms with Gasteiger partial charge in [0.15, 0.2) is 0 Å². The summed E-state index contributed by atoms with van der Waals surface area (Å²) in [6.45, 7) is 3.00. The first-order chi connectivity index (χ1) is 12.9. The van der Waals surface area contributed by atoms with E-state index in [4.69, 9.17) is 0 Å². The molecule has 1 aliphatic heterocycles. The Labute approximate surface area is 162 Å². The van der Waals surface area contributed by atoms with Gasteiger partial charge in [0.05, 0.1) is 6.04 Å². The van der Waals surface area contributed by atoms with Crippen LogP contribution in [0.3, 0.4) is 0 Å². The average molecular weight is 424 g/mol. The maximum atomic E-state index is 12.4. The van der Waals surface area contributed by atoms with Gasteiger partial charge >= 0.3 is 6.36 Å². The SMILES string of the molecule is CC(C(=O)Nc1ccc(OC(F)(F)F)cc1)N1CCN(S(=O)(=O)N(C)C)CC1. The van der Waals surface area contributed by atoms with Crippen molar-refractivity contribution in [2.24, 2.45) is 0 Å². The second-order valence-electron chi connectivity index (χ2n) is 6.46. The lowest BCUT2D eigenvalue weighted by molar-refractivity contribution is -0.274. The quantitative estimate of drug-likeness (QED) is 0.745. The van der Waals surface area contributed by atoms with Crippen LogP contribution in [0, 0.1) is 0 Å². The van der Waals surface area contributed by atoms with Gasteiger partial charge in [0, 0.05) is 46.0 Å². The Hall–Kier alpha value is -1.89. The molecule has 2 rings (SSSR count). The Bertz CT molecular complexity index is 776. The molecule has 1 amide bonds. The molecule has 0 radical (unpaired) electrons. The van der Waals surface area contributed by atoms with Gasteiger partial charge in [-0.3, -0.25) is 9.69 Å². The summed E-state index contributed by atoms with van der Waals surface area (Å²) in [5.41, 5.74) is 0.334. The fourth-order valence-electron chi connectivity index (χ4n) is 2.70. The van der Waals surface area contributed by atoms with Gasteiger partial charge in [0.25, 0.3) is 10.2 Å². The summed E-state index contributed by atoms with van der Waals surface area (Å²) in [6, 6.07) is 4.31. The highest BCUT2D eigenvalue weighted by Gasteiger charge is 2.32. The number of rotatable bonds is 6. The average Bonchev–Trinajstić information content (AvgIpc) is 2.61. The smallest absolute Gasteiger partial charge is 0.406 e. The zero-order valence-corrected chi connectivity index (χ0v) is 16.5. The minimum atomic E-state index is -4.78. The first-order valence-electron chi connectivity index (χ1n) is 8.48. The van der Waals surface area contributed by atoms with Gasteiger partial charge < -0.3 is 10.1 Å². The van der Waals surface area contributed by atoms with Crippen LogP contribution in [0.1, 0.15) is 6.92 Å². The Morgan fingerprint density at radius 2 is 1.68 bits per heavy atom. The molecule has 1 N–H and O–H groups in total. The van der Waals surface area contributed by atoms with E-state index in [2.05, 4.69) is 10.1 Å². The number of halogens is 3. The third-order valence-electron chi connectivity index (χ3n) is 4.34. The summed E-state index contributed by atoms with van der Waals surface area (Å²) in [6.07, 6.45) is -4.78. The van der Waals surface area contributed by atoms with E-state index in [1.165, 1.54) is 30.5 Å². The molecule has 1 fully saturated rings. The number of nitrogens with zero attached hydrogens (tertiary/aromatic N) is 3. The Morgan fingerprint density at radius 3 is 2.14 bits per heavy atom. The highest BCUT2D eigenvalue weighted by molar-refractivity contribution is 7.86. The summed E-state index contributed by atoms with van der Waals surface area (Å²) in [4.78, 5) is 14.3. The molecule has 0 bridgehead atoms. The van der Waals surface area contributed by atoms with E-state index in [1.807, 2.05) is 4.90 Å². The van der Waals surface area contributed by atoms with Crippen molar-refractivity contribution in [1.29, 1.82) is 0 Å². The van der Waals surface area contributed by atoms with E-state index in [9.17, 15) is 26.4 Å². The molecule has 12 heteroatoms. The lowest BCUT2D eigenvalue weighted by atomic mass is 10.2. The number of alkyl halides is 3. The van der Waals surface area contributed by atoms with Crippen molar-refractivity contribution in [2.75, 3.05) is 45.6 Å². The van der Waals surface area contributed by atoms with E-state index >= 15 is 0 Å². The molecule has 1 atom stereocenters. The van der Waals surface area contributed by atoms with Crippen LogP contribution in [0.5, 0.6) is 5.75 Å². The van der Waals surface area contributed by atoms with Crippen molar-refractivity contribution in [3.63, 3.8) is 0 Å². The van der Waals surface area contributed by atoms with Crippen molar-refractivity contribution >= 4 is 21.8 Å². The maximum absolute atomic E-state index is 12.4. The Morgan fingerprint density at radius 1 is 1.14 bits per heavy atom. The lowest BCUT2D eigenvalue weighted by Crippen LogP contribution is -2.55. The normalized spacial score (nSPS) is 18.1. The van der Waals surface area contributed by atoms with E-state index in [0.717, 1.165) is 16.4 Å². The number of carbonyl (C=O) groups excluding carboxylic acids is 1. The number of ether oxygens (including phenoxy) is 1. The first kappa shape index (κ1) is 22.4. The van der Waals surface area contributed by atoms with Crippen LogP contribution in [0.2, 0.25) is 0 Å². The van der Waals surface area contributed by atoms with Gasteiger partial charge in [0.1, 0.15) is 5.75 Å². The highest BCUT2D eigenvalue weighted by Crippen LogP contribution is 2.24. The molecule has 1 saturated heterocycles. The summed E-state index contributed by atoms with van der Waals surface area (Å²) in [5, 5.41) is 2.63. The number of anilines is 1. The van der Waals surface area contributed by atoms with Crippen molar-refractivity contribution in [3.8, 4) is 5.75 Å². The lowest BCUT2D eigenvalue weighted by Gasteiger charge is -2.37. The maximum Gasteiger partial charge on any atom is 0.573 e. The third kappa shape index (κ3) is 5.80. The van der Waals surface area contributed by atoms with Gasteiger partial charge in [-0.25, -0.2) is 0 Å². The molecule has 0 spiro atoms. The molecule has 1 aromatic rings. The third-order valence-corrected chi connectivity index (χ3v) is 6.28. The minimum absolute atomic E-state index is 0.265. The number of carbonyl (C=O) groups is 1. The van der Waals surface area contributed by atoms with Crippen molar-refractivity contribution in [3.05, 3.63) is 24.3 Å². The van der Waals surface area contributed by atoms with E-state index < -0.39 is 22.6 Å². The first-order valence-corrected chi connectivity index (χ1v) is 9.88. The number of hydrogen-bond donors (Lipinski definition) is 1. The number of amides is 1. The predicted molar refractivity (Wildman–Crippen MR) is 97.0 cm³/mol. The molecular formula is C16H23F3N4O4S. The fourth-order valence-corrected chi connectivity index (χ4v) is 3.79. The second kappa shape index (κ2) is 8.64. The molecule has 1 heterocycles. The molecule has 0 saturated carbocycles. The molecular weight excluding hydrogens is 401 g/mol. The summed E-state index contributed by atoms with van der Waals surface area (Å²) >= 11 is 0. The van der Waals surface area contributed by atoms with E-state index in [-0.39, 0.29) is 24.7 Å². The molecule has 28 heavy (non-hydrogen) atoms. The van der Waals surface area contributed by atoms with Gasteiger partial charge in [-0.1, -0.05) is 0 Å². The van der Waals surface area contributed by atoms with Crippen LogP contribution >= 0.6 is 0 Å². The zero-order chi connectivity index (χ0) is 21.1. The van der Waals surface area contributed by atoms with E-state index in [0.29, 0.717) is 18.8 Å². The van der Waals surface area contributed by atoms with Crippen molar-refractivity contribution < 1.29 is 31.1 Å². The number of nitrogens with one attached hydrogen (secondary N) is 1. The van der Waals surface area contributed by atoms with Crippen molar-refractivity contribution in [2.45, 2.75) is 19.3 Å². The monoisotopic (exact) mass is 424 g/mol. The van der Waals surface area contributed by atoms with Crippen LogP contribution in [0.4, 0.5) is 18.9 Å². The number of piperazine rings is 1. The second-order valence-corrected chi connectivity index (χ2v) is 8.60. The predicted octanol–water partition coefficient (Wildman–Crippen LogP) is 1.34.